The van der Waals surface area contributed by atoms with Crippen molar-refractivity contribution in [2.45, 2.75) is 13.5 Å². The molecule has 102 valence electrons. The van der Waals surface area contributed by atoms with Crippen LogP contribution in [0.15, 0.2) is 43.1 Å². The minimum absolute atomic E-state index is 0.0683. The van der Waals surface area contributed by atoms with Gasteiger partial charge in [-0.1, -0.05) is 18.2 Å². The molecule has 0 radical (unpaired) electrons. The second-order valence-electron chi connectivity index (χ2n) is 4.22. The Hall–Kier alpha value is -2.76. The molecule has 0 amide bonds. The fourth-order valence-corrected chi connectivity index (χ4v) is 1.95. The van der Waals surface area contributed by atoms with E-state index in [4.69, 9.17) is 0 Å². The summed E-state index contributed by atoms with van der Waals surface area (Å²) in [5, 5.41) is 15.1. The average molecular weight is 271 g/mol. The van der Waals surface area contributed by atoms with Crippen LogP contribution in [-0.2, 0) is 6.54 Å². The van der Waals surface area contributed by atoms with Crippen molar-refractivity contribution < 1.29 is 9.72 Å². The number of nitrogens with zero attached hydrogens (tertiary/aromatic N) is 3. The summed E-state index contributed by atoms with van der Waals surface area (Å²) in [6.07, 6.45) is 3.09. The van der Waals surface area contributed by atoms with Crippen molar-refractivity contribution in [1.82, 2.24) is 9.78 Å². The lowest BCUT2D eigenvalue weighted by Gasteiger charge is -2.03. The van der Waals surface area contributed by atoms with Gasteiger partial charge in [-0.3, -0.25) is 19.6 Å². The van der Waals surface area contributed by atoms with E-state index in [9.17, 15) is 14.9 Å². The first kappa shape index (κ1) is 13.7. The number of hydrogen-bond donors (Lipinski definition) is 0. The monoisotopic (exact) mass is 271 g/mol. The van der Waals surface area contributed by atoms with E-state index < -0.39 is 10.7 Å². The first-order valence-electron chi connectivity index (χ1n) is 5.97. The van der Waals surface area contributed by atoms with Crippen LogP contribution in [0.5, 0.6) is 0 Å². The number of allylic oxidation sites excluding steroid dienone is 1. The molecule has 0 aliphatic rings. The van der Waals surface area contributed by atoms with E-state index >= 15 is 0 Å². The molecule has 0 aliphatic carbocycles. The summed E-state index contributed by atoms with van der Waals surface area (Å²) in [7, 11) is 0. The number of benzene rings is 1. The number of hydrogen-bond acceptors (Lipinski definition) is 4. The number of carbonyl (C=O) groups excluding carboxylic acids is 1. The van der Waals surface area contributed by atoms with Gasteiger partial charge >= 0.3 is 0 Å². The molecular formula is C14H13N3O3. The number of para-hydroxylation sites is 1. The summed E-state index contributed by atoms with van der Waals surface area (Å²) >= 11 is 0. The van der Waals surface area contributed by atoms with Crippen LogP contribution in [-0.4, -0.2) is 20.5 Å². The minimum Gasteiger partial charge on any atom is -0.288 e. The molecule has 0 atom stereocenters. The zero-order chi connectivity index (χ0) is 14.7. The first-order valence-corrected chi connectivity index (χ1v) is 5.97. The van der Waals surface area contributed by atoms with Gasteiger partial charge in [0.2, 0.25) is 5.78 Å². The molecule has 6 heteroatoms. The van der Waals surface area contributed by atoms with Gasteiger partial charge in [0.1, 0.15) is 5.56 Å². The highest BCUT2D eigenvalue weighted by atomic mass is 16.6. The lowest BCUT2D eigenvalue weighted by Crippen LogP contribution is -2.07. The largest absolute Gasteiger partial charge is 0.288 e. The average Bonchev–Trinajstić information content (AvgIpc) is 2.80. The fourth-order valence-electron chi connectivity index (χ4n) is 1.95. The molecule has 2 aromatic rings. The molecule has 2 rings (SSSR count). The van der Waals surface area contributed by atoms with E-state index in [0.29, 0.717) is 17.8 Å². The van der Waals surface area contributed by atoms with Crippen molar-refractivity contribution in [3.05, 3.63) is 70.1 Å². The molecule has 0 saturated carbocycles. The third-order valence-electron chi connectivity index (χ3n) is 3.00. The maximum Gasteiger partial charge on any atom is 0.280 e. The summed E-state index contributed by atoms with van der Waals surface area (Å²) in [6, 6.07) is 5.90. The van der Waals surface area contributed by atoms with E-state index in [0.717, 1.165) is 0 Å². The van der Waals surface area contributed by atoms with Crippen LogP contribution in [0.3, 0.4) is 0 Å². The Balaban J connectivity index is 2.47. The van der Waals surface area contributed by atoms with Crippen LogP contribution in [0.4, 0.5) is 5.69 Å². The van der Waals surface area contributed by atoms with E-state index in [2.05, 4.69) is 11.7 Å². The van der Waals surface area contributed by atoms with Crippen LogP contribution in [0, 0.1) is 17.0 Å². The van der Waals surface area contributed by atoms with E-state index in [1.807, 2.05) is 0 Å². The van der Waals surface area contributed by atoms with Gasteiger partial charge in [0, 0.05) is 11.8 Å². The Bertz CT molecular complexity index is 689. The summed E-state index contributed by atoms with van der Waals surface area (Å²) in [4.78, 5) is 22.8. The van der Waals surface area contributed by atoms with Gasteiger partial charge in [-0.05, 0) is 13.0 Å². The quantitative estimate of drug-likeness (QED) is 0.362. The molecule has 0 spiro atoms. The van der Waals surface area contributed by atoms with E-state index in [-0.39, 0.29) is 11.3 Å². The maximum absolute atomic E-state index is 12.4. The van der Waals surface area contributed by atoms with Crippen LogP contribution in [0.25, 0.3) is 0 Å². The highest BCUT2D eigenvalue weighted by molar-refractivity contribution is 6.11. The lowest BCUT2D eigenvalue weighted by atomic mass is 10.0. The van der Waals surface area contributed by atoms with Crippen molar-refractivity contribution in [2.24, 2.45) is 0 Å². The number of nitro benzene ring substituents is 1. The van der Waals surface area contributed by atoms with Gasteiger partial charge in [0.25, 0.3) is 5.69 Å². The van der Waals surface area contributed by atoms with Gasteiger partial charge < -0.3 is 0 Å². The summed E-state index contributed by atoms with van der Waals surface area (Å²) in [5.41, 5.74) is 0.890. The number of nitro groups is 1. The Morgan fingerprint density at radius 3 is 2.80 bits per heavy atom. The summed E-state index contributed by atoms with van der Waals surface area (Å²) < 4.78 is 1.62. The summed E-state index contributed by atoms with van der Waals surface area (Å²) in [6.45, 7) is 5.84. The van der Waals surface area contributed by atoms with Crippen LogP contribution in [0.2, 0.25) is 0 Å². The lowest BCUT2D eigenvalue weighted by molar-refractivity contribution is -0.385. The van der Waals surface area contributed by atoms with Gasteiger partial charge in [-0.2, -0.15) is 5.10 Å². The molecule has 0 saturated heterocycles. The van der Waals surface area contributed by atoms with Gasteiger partial charge in [-0.25, -0.2) is 0 Å². The Labute approximate surface area is 115 Å². The molecular weight excluding hydrogens is 258 g/mol. The normalized spacial score (nSPS) is 10.2. The second kappa shape index (κ2) is 5.48. The van der Waals surface area contributed by atoms with Crippen molar-refractivity contribution >= 4 is 11.5 Å². The van der Waals surface area contributed by atoms with Crippen molar-refractivity contribution in [3.63, 3.8) is 0 Å². The minimum atomic E-state index is -0.559. The van der Waals surface area contributed by atoms with Gasteiger partial charge in [-0.15, -0.1) is 6.58 Å². The number of ketones is 1. The molecule has 0 N–H and O–H groups in total. The standard InChI is InChI=1S/C14H13N3O3/c1-3-8-16-10(2)12(9-15-16)14(18)11-6-4-5-7-13(11)17(19)20/h3-7,9H,1,8H2,2H3. The zero-order valence-electron chi connectivity index (χ0n) is 10.9. The fraction of sp³-hybridized carbons (Fsp3) is 0.143. The number of rotatable bonds is 5. The molecule has 6 nitrogen and oxygen atoms in total. The van der Waals surface area contributed by atoms with E-state index in [1.165, 1.54) is 24.4 Å². The molecule has 0 bridgehead atoms. The van der Waals surface area contributed by atoms with E-state index in [1.54, 1.807) is 23.7 Å². The number of aromatic nitrogens is 2. The van der Waals surface area contributed by atoms with Gasteiger partial charge in [0.15, 0.2) is 0 Å². The van der Waals surface area contributed by atoms with Crippen molar-refractivity contribution in [1.29, 1.82) is 0 Å². The highest BCUT2D eigenvalue weighted by Crippen LogP contribution is 2.22. The second-order valence-corrected chi connectivity index (χ2v) is 4.22. The first-order chi connectivity index (χ1) is 9.56. The van der Waals surface area contributed by atoms with Crippen molar-refractivity contribution in [3.8, 4) is 0 Å². The molecule has 1 heterocycles. The maximum atomic E-state index is 12.4. The third kappa shape index (κ3) is 2.35. The molecule has 1 aromatic carbocycles. The van der Waals surface area contributed by atoms with Crippen LogP contribution < -0.4 is 0 Å². The Morgan fingerprint density at radius 2 is 2.15 bits per heavy atom. The zero-order valence-corrected chi connectivity index (χ0v) is 10.9. The predicted octanol–water partition coefficient (Wildman–Crippen LogP) is 2.52. The molecule has 0 unspecified atom stereocenters. The molecule has 20 heavy (non-hydrogen) atoms. The van der Waals surface area contributed by atoms with Crippen LogP contribution in [0.1, 0.15) is 21.6 Å². The van der Waals surface area contributed by atoms with Gasteiger partial charge in [0.05, 0.1) is 23.2 Å². The number of carbonyl (C=O) groups is 1. The third-order valence-corrected chi connectivity index (χ3v) is 3.00. The topological polar surface area (TPSA) is 78.0 Å². The Morgan fingerprint density at radius 1 is 1.45 bits per heavy atom. The highest BCUT2D eigenvalue weighted by Gasteiger charge is 2.23. The predicted molar refractivity (Wildman–Crippen MR) is 73.7 cm³/mol. The van der Waals surface area contributed by atoms with Crippen LogP contribution >= 0.6 is 0 Å². The SMILES string of the molecule is C=CCn1ncc(C(=O)c2ccccc2[N+](=O)[O-])c1C. The molecule has 0 fully saturated rings. The summed E-state index contributed by atoms with van der Waals surface area (Å²) in [5.74, 6) is -0.398. The Kier molecular flexibility index (Phi) is 3.74. The van der Waals surface area contributed by atoms with Crippen molar-refractivity contribution in [2.75, 3.05) is 0 Å². The smallest absolute Gasteiger partial charge is 0.280 e. The molecule has 0 aliphatic heterocycles. The molecule has 1 aromatic heterocycles.